The molecular weight excluding hydrogens is 240 g/mol. The summed E-state index contributed by atoms with van der Waals surface area (Å²) in [6, 6.07) is 0.489. The molecule has 5 nitrogen and oxygen atoms in total. The molecule has 1 fully saturated rings. The van der Waals surface area contributed by atoms with Crippen LogP contribution < -0.4 is 15.0 Å². The largest absolute Gasteiger partial charge is 0.490 e. The molecule has 1 aliphatic rings. The highest BCUT2D eigenvalue weighted by atomic mass is 16.5. The van der Waals surface area contributed by atoms with Crippen molar-refractivity contribution in [1.82, 2.24) is 9.97 Å². The van der Waals surface area contributed by atoms with Gasteiger partial charge < -0.3 is 15.0 Å². The third-order valence-electron chi connectivity index (χ3n) is 3.78. The number of ether oxygens (including phenoxy) is 1. The zero-order chi connectivity index (χ0) is 13.8. The minimum atomic E-state index is 0.489. The summed E-state index contributed by atoms with van der Waals surface area (Å²) in [4.78, 5) is 10.9. The molecule has 1 N–H and O–H groups in total. The standard InChI is InChI=1S/C14H24N4O/c1-5-8-15-13-12(19-4)14(17-9-16-13)18(3)10(2)11-6-7-11/h9-11H,5-8H2,1-4H3,(H,15,16,17). The van der Waals surface area contributed by atoms with E-state index in [0.29, 0.717) is 6.04 Å². The highest BCUT2D eigenvalue weighted by molar-refractivity contribution is 5.64. The fourth-order valence-electron chi connectivity index (χ4n) is 2.26. The van der Waals surface area contributed by atoms with Gasteiger partial charge in [0.1, 0.15) is 6.33 Å². The number of aromatic nitrogens is 2. The molecule has 0 aromatic carbocycles. The summed E-state index contributed by atoms with van der Waals surface area (Å²) in [6.07, 6.45) is 5.29. The summed E-state index contributed by atoms with van der Waals surface area (Å²) in [5.41, 5.74) is 0. The molecule has 1 aromatic rings. The van der Waals surface area contributed by atoms with Crippen LogP contribution >= 0.6 is 0 Å². The molecule has 0 saturated heterocycles. The maximum absolute atomic E-state index is 5.52. The zero-order valence-electron chi connectivity index (χ0n) is 12.3. The lowest BCUT2D eigenvalue weighted by Crippen LogP contribution is -2.31. The fourth-order valence-corrected chi connectivity index (χ4v) is 2.26. The van der Waals surface area contributed by atoms with Crippen molar-refractivity contribution in [1.29, 1.82) is 0 Å². The predicted octanol–water partition coefficient (Wildman–Crippen LogP) is 2.54. The number of rotatable bonds is 7. The predicted molar refractivity (Wildman–Crippen MR) is 78.0 cm³/mol. The molecule has 0 radical (unpaired) electrons. The Morgan fingerprint density at radius 1 is 1.47 bits per heavy atom. The molecule has 0 aliphatic heterocycles. The molecule has 0 amide bonds. The SMILES string of the molecule is CCCNc1ncnc(N(C)C(C)C2CC2)c1OC. The molecule has 1 atom stereocenters. The van der Waals surface area contributed by atoms with Gasteiger partial charge in [-0.1, -0.05) is 6.92 Å². The van der Waals surface area contributed by atoms with Gasteiger partial charge >= 0.3 is 0 Å². The molecule has 0 spiro atoms. The van der Waals surface area contributed by atoms with E-state index < -0.39 is 0 Å². The van der Waals surface area contributed by atoms with E-state index in [1.807, 2.05) is 0 Å². The first-order chi connectivity index (χ1) is 9.19. The van der Waals surface area contributed by atoms with Crippen molar-refractivity contribution in [2.75, 3.05) is 30.9 Å². The van der Waals surface area contributed by atoms with Crippen molar-refractivity contribution in [2.24, 2.45) is 5.92 Å². The van der Waals surface area contributed by atoms with Crippen LogP contribution in [0.25, 0.3) is 0 Å². The molecule has 1 saturated carbocycles. The first-order valence-electron chi connectivity index (χ1n) is 7.04. The second-order valence-corrected chi connectivity index (χ2v) is 5.19. The lowest BCUT2D eigenvalue weighted by molar-refractivity contribution is 0.410. The van der Waals surface area contributed by atoms with Gasteiger partial charge in [-0.3, -0.25) is 0 Å². The van der Waals surface area contributed by atoms with E-state index in [2.05, 4.69) is 41.1 Å². The average Bonchev–Trinajstić information content (AvgIpc) is 3.27. The van der Waals surface area contributed by atoms with Gasteiger partial charge in [-0.2, -0.15) is 0 Å². The summed E-state index contributed by atoms with van der Waals surface area (Å²) in [5, 5.41) is 3.29. The zero-order valence-corrected chi connectivity index (χ0v) is 12.3. The lowest BCUT2D eigenvalue weighted by atomic mass is 10.2. The Kier molecular flexibility index (Phi) is 4.45. The minimum Gasteiger partial charge on any atom is -0.490 e. The van der Waals surface area contributed by atoms with E-state index in [0.717, 1.165) is 36.3 Å². The van der Waals surface area contributed by atoms with Crippen LogP contribution in [0.4, 0.5) is 11.6 Å². The van der Waals surface area contributed by atoms with Crippen LogP contribution in [0.5, 0.6) is 5.75 Å². The highest BCUT2D eigenvalue weighted by Gasteiger charge is 2.32. The van der Waals surface area contributed by atoms with Crippen LogP contribution in [-0.2, 0) is 0 Å². The van der Waals surface area contributed by atoms with E-state index in [1.165, 1.54) is 12.8 Å². The Bertz CT molecular complexity index is 420. The van der Waals surface area contributed by atoms with Gasteiger partial charge in [0.05, 0.1) is 7.11 Å². The van der Waals surface area contributed by atoms with E-state index in [-0.39, 0.29) is 0 Å². The van der Waals surface area contributed by atoms with Crippen molar-refractivity contribution >= 4 is 11.6 Å². The van der Waals surface area contributed by atoms with Gasteiger partial charge in [0.2, 0.25) is 5.75 Å². The van der Waals surface area contributed by atoms with Crippen LogP contribution in [0.1, 0.15) is 33.1 Å². The number of nitrogens with one attached hydrogen (secondary N) is 1. The monoisotopic (exact) mass is 264 g/mol. The van der Waals surface area contributed by atoms with E-state index in [4.69, 9.17) is 4.74 Å². The highest BCUT2D eigenvalue weighted by Crippen LogP contribution is 2.39. The van der Waals surface area contributed by atoms with Gasteiger partial charge in [0.15, 0.2) is 11.6 Å². The van der Waals surface area contributed by atoms with Gasteiger partial charge in [-0.15, -0.1) is 0 Å². The molecule has 1 aliphatic carbocycles. The van der Waals surface area contributed by atoms with Crippen LogP contribution in [0.2, 0.25) is 0 Å². The molecule has 19 heavy (non-hydrogen) atoms. The second-order valence-electron chi connectivity index (χ2n) is 5.19. The van der Waals surface area contributed by atoms with Crippen molar-refractivity contribution in [3.8, 4) is 5.75 Å². The molecule has 5 heteroatoms. The summed E-state index contributed by atoms with van der Waals surface area (Å²) in [6.45, 7) is 5.26. The van der Waals surface area contributed by atoms with E-state index in [9.17, 15) is 0 Å². The summed E-state index contributed by atoms with van der Waals surface area (Å²) in [7, 11) is 3.76. The molecule has 1 unspecified atom stereocenters. The molecule has 106 valence electrons. The fraction of sp³-hybridized carbons (Fsp3) is 0.714. The second kappa shape index (κ2) is 6.08. The van der Waals surface area contributed by atoms with Gasteiger partial charge in [-0.05, 0) is 32.1 Å². The summed E-state index contributed by atoms with van der Waals surface area (Å²) in [5.74, 6) is 3.18. The average molecular weight is 264 g/mol. The maximum Gasteiger partial charge on any atom is 0.204 e. The Labute approximate surface area is 115 Å². The maximum atomic E-state index is 5.52. The summed E-state index contributed by atoms with van der Waals surface area (Å²) < 4.78 is 5.52. The van der Waals surface area contributed by atoms with Crippen LogP contribution in [0, 0.1) is 5.92 Å². The molecule has 1 aromatic heterocycles. The molecule has 2 rings (SSSR count). The van der Waals surface area contributed by atoms with Crippen molar-refractivity contribution < 1.29 is 4.74 Å². The van der Waals surface area contributed by atoms with Crippen LogP contribution in [0.15, 0.2) is 6.33 Å². The number of anilines is 2. The first-order valence-corrected chi connectivity index (χ1v) is 7.04. The molecular formula is C14H24N4O. The van der Waals surface area contributed by atoms with Crippen molar-refractivity contribution in [3.05, 3.63) is 6.33 Å². The quantitative estimate of drug-likeness (QED) is 0.820. The number of methoxy groups -OCH3 is 1. The lowest BCUT2D eigenvalue weighted by Gasteiger charge is -2.27. The third-order valence-corrected chi connectivity index (χ3v) is 3.78. The number of hydrogen-bond donors (Lipinski definition) is 1. The minimum absolute atomic E-state index is 0.489. The topological polar surface area (TPSA) is 50.3 Å². The Morgan fingerprint density at radius 3 is 2.79 bits per heavy atom. The first kappa shape index (κ1) is 13.9. The van der Waals surface area contributed by atoms with Gasteiger partial charge in [0.25, 0.3) is 0 Å². The normalized spacial score (nSPS) is 16.0. The van der Waals surface area contributed by atoms with Gasteiger partial charge in [-0.25, -0.2) is 9.97 Å². The number of nitrogens with zero attached hydrogens (tertiary/aromatic N) is 3. The summed E-state index contributed by atoms with van der Waals surface area (Å²) >= 11 is 0. The Balaban J connectivity index is 2.22. The smallest absolute Gasteiger partial charge is 0.204 e. The van der Waals surface area contributed by atoms with E-state index >= 15 is 0 Å². The molecule has 1 heterocycles. The third kappa shape index (κ3) is 3.08. The van der Waals surface area contributed by atoms with E-state index in [1.54, 1.807) is 13.4 Å². The van der Waals surface area contributed by atoms with Gasteiger partial charge in [0, 0.05) is 19.6 Å². The van der Waals surface area contributed by atoms with Crippen LogP contribution in [0.3, 0.4) is 0 Å². The molecule has 0 bridgehead atoms. The van der Waals surface area contributed by atoms with Crippen LogP contribution in [-0.4, -0.2) is 36.7 Å². The Morgan fingerprint density at radius 2 is 2.21 bits per heavy atom. The van der Waals surface area contributed by atoms with Crippen molar-refractivity contribution in [2.45, 2.75) is 39.2 Å². The number of hydrogen-bond acceptors (Lipinski definition) is 5. The van der Waals surface area contributed by atoms with Crippen molar-refractivity contribution in [3.63, 3.8) is 0 Å². The Hall–Kier alpha value is -1.52.